The molecule has 2 aromatic carbocycles. The Morgan fingerprint density at radius 1 is 1.12 bits per heavy atom. The first-order chi connectivity index (χ1) is 19.2. The number of imide groups is 1. The predicted molar refractivity (Wildman–Crippen MR) is 156 cm³/mol. The molecule has 212 valence electrons. The second-order valence-corrected chi connectivity index (χ2v) is 11.8. The molecule has 0 radical (unpaired) electrons. The van der Waals surface area contributed by atoms with Gasteiger partial charge in [0, 0.05) is 23.0 Å². The van der Waals surface area contributed by atoms with E-state index in [9.17, 15) is 19.6 Å². The first kappa shape index (κ1) is 30.0. The number of carbonyl (C=O) groups is 3. The number of halogens is 2. The fourth-order valence-electron chi connectivity index (χ4n) is 5.91. The summed E-state index contributed by atoms with van der Waals surface area (Å²) in [6, 6.07) is 13.5. The molecule has 1 N–H and O–H groups in total. The van der Waals surface area contributed by atoms with E-state index in [2.05, 4.69) is 22.4 Å². The van der Waals surface area contributed by atoms with Crippen molar-refractivity contribution in [3.05, 3.63) is 68.7 Å². The van der Waals surface area contributed by atoms with Crippen LogP contribution in [0, 0.1) is 18.3 Å². The molecule has 0 aromatic heterocycles. The van der Waals surface area contributed by atoms with Crippen molar-refractivity contribution in [2.75, 3.05) is 19.6 Å². The van der Waals surface area contributed by atoms with E-state index in [1.54, 1.807) is 6.07 Å². The fourth-order valence-corrected chi connectivity index (χ4v) is 6.43. The molecule has 2 saturated heterocycles. The summed E-state index contributed by atoms with van der Waals surface area (Å²) in [5.74, 6) is -0.691. The highest BCUT2D eigenvalue weighted by Crippen LogP contribution is 2.37. The van der Waals surface area contributed by atoms with Gasteiger partial charge in [0.2, 0.25) is 18.2 Å². The zero-order chi connectivity index (χ0) is 28.7. The molecule has 7 nitrogen and oxygen atoms in total. The van der Waals surface area contributed by atoms with Crippen molar-refractivity contribution >= 4 is 41.4 Å². The van der Waals surface area contributed by atoms with Crippen molar-refractivity contribution in [3.63, 3.8) is 0 Å². The summed E-state index contributed by atoms with van der Waals surface area (Å²) in [7, 11) is 0. The minimum Gasteiger partial charge on any atom is -0.329 e. The van der Waals surface area contributed by atoms with Crippen molar-refractivity contribution in [2.45, 2.75) is 76.3 Å². The van der Waals surface area contributed by atoms with E-state index < -0.39 is 17.4 Å². The molecule has 2 aliphatic rings. The summed E-state index contributed by atoms with van der Waals surface area (Å²) in [5.41, 5.74) is 3.72. The summed E-state index contributed by atoms with van der Waals surface area (Å²) >= 11 is 12.4. The van der Waals surface area contributed by atoms with Gasteiger partial charge in [0.05, 0.1) is 11.5 Å². The molecule has 9 heteroatoms. The molecule has 1 unspecified atom stereocenters. The highest BCUT2D eigenvalue weighted by molar-refractivity contribution is 6.34. The second-order valence-electron chi connectivity index (χ2n) is 11.0. The number of likely N-dealkylation sites (tertiary alicyclic amines) is 1. The van der Waals surface area contributed by atoms with Crippen LogP contribution in [0.25, 0.3) is 0 Å². The van der Waals surface area contributed by atoms with Crippen molar-refractivity contribution in [1.29, 1.82) is 5.26 Å². The molecule has 40 heavy (non-hydrogen) atoms. The Kier molecular flexibility index (Phi) is 10.2. The number of nitrogens with zero attached hydrogens (tertiary/aromatic N) is 3. The lowest BCUT2D eigenvalue weighted by molar-refractivity contribution is -0.141. The summed E-state index contributed by atoms with van der Waals surface area (Å²) < 4.78 is 0. The van der Waals surface area contributed by atoms with Crippen LogP contribution in [0.3, 0.4) is 0 Å². The minimum atomic E-state index is -0.622. The molecular weight excluding hydrogens is 547 g/mol. The Morgan fingerprint density at radius 3 is 2.50 bits per heavy atom. The van der Waals surface area contributed by atoms with Crippen LogP contribution in [0.5, 0.6) is 0 Å². The maximum Gasteiger partial charge on any atom is 0.249 e. The number of amides is 3. The monoisotopic (exact) mass is 582 g/mol. The Bertz CT molecular complexity index is 1260. The molecule has 3 amide bonds. The maximum atomic E-state index is 12.3. The van der Waals surface area contributed by atoms with Crippen LogP contribution in [0.1, 0.15) is 67.2 Å². The number of carbonyl (C=O) groups excluding carboxylic acids is 3. The van der Waals surface area contributed by atoms with Crippen molar-refractivity contribution < 1.29 is 14.4 Å². The largest absolute Gasteiger partial charge is 0.329 e. The van der Waals surface area contributed by atoms with Gasteiger partial charge in [0.15, 0.2) is 0 Å². The summed E-state index contributed by atoms with van der Waals surface area (Å²) in [5, 5.41) is 13.5. The highest BCUT2D eigenvalue weighted by Gasteiger charge is 2.37. The fraction of sp³-hybridized carbons (Fsp3) is 0.484. The van der Waals surface area contributed by atoms with Gasteiger partial charge in [-0.05, 0) is 106 Å². The lowest BCUT2D eigenvalue weighted by Gasteiger charge is -2.37. The zero-order valence-electron chi connectivity index (χ0n) is 22.9. The van der Waals surface area contributed by atoms with Crippen LogP contribution in [-0.2, 0) is 32.8 Å². The average molecular weight is 584 g/mol. The smallest absolute Gasteiger partial charge is 0.249 e. The van der Waals surface area contributed by atoms with E-state index in [1.807, 2.05) is 31.2 Å². The van der Waals surface area contributed by atoms with E-state index in [0.717, 1.165) is 81.3 Å². The average Bonchev–Trinajstić information content (AvgIpc) is 2.93. The number of aryl methyl sites for hydroxylation is 2. The lowest BCUT2D eigenvalue weighted by Crippen LogP contribution is -2.51. The van der Waals surface area contributed by atoms with Gasteiger partial charge in [0.1, 0.15) is 6.04 Å². The Balaban J connectivity index is 1.26. The number of nitriles is 1. The SMILES string of the molecule is Cc1cccc(CCCCCN2CCC(C#N)(c3cc(Cl)cc(Cl)c3)CC2)c1CN(C=O)C1CCC(=O)NC1=O. The van der Waals surface area contributed by atoms with Gasteiger partial charge in [-0.15, -0.1) is 0 Å². The van der Waals surface area contributed by atoms with Crippen LogP contribution < -0.4 is 5.32 Å². The summed E-state index contributed by atoms with van der Waals surface area (Å²) in [6.07, 6.45) is 6.88. The van der Waals surface area contributed by atoms with Gasteiger partial charge in [-0.2, -0.15) is 5.26 Å². The first-order valence-electron chi connectivity index (χ1n) is 14.0. The molecule has 0 spiro atoms. The molecule has 0 saturated carbocycles. The van der Waals surface area contributed by atoms with Gasteiger partial charge in [0.25, 0.3) is 0 Å². The van der Waals surface area contributed by atoms with E-state index in [4.69, 9.17) is 23.2 Å². The van der Waals surface area contributed by atoms with E-state index in [1.165, 1.54) is 10.5 Å². The van der Waals surface area contributed by atoms with Gasteiger partial charge in [-0.25, -0.2) is 0 Å². The van der Waals surface area contributed by atoms with Crippen molar-refractivity contribution in [2.24, 2.45) is 0 Å². The third-order valence-electron chi connectivity index (χ3n) is 8.35. The van der Waals surface area contributed by atoms with Crippen LogP contribution >= 0.6 is 23.2 Å². The first-order valence-corrected chi connectivity index (χ1v) is 14.7. The van der Waals surface area contributed by atoms with Crippen molar-refractivity contribution in [3.8, 4) is 6.07 Å². The molecule has 1 atom stereocenters. The summed E-state index contributed by atoms with van der Waals surface area (Å²) in [6.45, 7) is 5.10. The predicted octanol–water partition coefficient (Wildman–Crippen LogP) is 5.34. The Labute approximate surface area is 246 Å². The highest BCUT2D eigenvalue weighted by atomic mass is 35.5. The van der Waals surface area contributed by atoms with Crippen LogP contribution in [0.15, 0.2) is 36.4 Å². The number of hydrogen-bond donors (Lipinski definition) is 1. The summed E-state index contributed by atoms with van der Waals surface area (Å²) in [4.78, 5) is 39.7. The molecule has 2 aliphatic heterocycles. The number of unbranched alkanes of at least 4 members (excludes halogenated alkanes) is 2. The number of hydrogen-bond acceptors (Lipinski definition) is 5. The topological polar surface area (TPSA) is 93.5 Å². The number of piperidine rings is 2. The van der Waals surface area contributed by atoms with Gasteiger partial charge in [-0.3, -0.25) is 19.7 Å². The van der Waals surface area contributed by atoms with E-state index in [-0.39, 0.29) is 12.3 Å². The lowest BCUT2D eigenvalue weighted by atomic mass is 9.74. The quantitative estimate of drug-likeness (QED) is 0.219. The molecule has 4 rings (SSSR count). The standard InChI is InChI=1S/C31H36Cl2N4O3/c1-22-6-5-8-23(27(22)19-37(21-38)28-9-10-29(39)35-30(28)40)7-3-2-4-13-36-14-11-31(20-34,12-15-36)24-16-25(32)18-26(33)17-24/h5-6,8,16-18,21,28H,2-4,7,9-15,19H2,1H3,(H,35,39,40). The van der Waals surface area contributed by atoms with Gasteiger partial charge in [-0.1, -0.05) is 47.8 Å². The molecule has 0 aliphatic carbocycles. The zero-order valence-corrected chi connectivity index (χ0v) is 24.4. The minimum absolute atomic E-state index is 0.241. The molecular formula is C31H36Cl2N4O3. The van der Waals surface area contributed by atoms with Crippen LogP contribution in [0.2, 0.25) is 10.0 Å². The molecule has 0 bridgehead atoms. The van der Waals surface area contributed by atoms with E-state index in [0.29, 0.717) is 23.0 Å². The van der Waals surface area contributed by atoms with Gasteiger partial charge >= 0.3 is 0 Å². The molecule has 2 fully saturated rings. The third kappa shape index (κ3) is 7.23. The number of benzene rings is 2. The molecule has 2 aromatic rings. The van der Waals surface area contributed by atoms with Crippen molar-refractivity contribution in [1.82, 2.24) is 15.1 Å². The third-order valence-corrected chi connectivity index (χ3v) is 8.79. The second kappa shape index (κ2) is 13.6. The molecule has 2 heterocycles. The van der Waals surface area contributed by atoms with Crippen LogP contribution in [0.4, 0.5) is 0 Å². The van der Waals surface area contributed by atoms with E-state index >= 15 is 0 Å². The van der Waals surface area contributed by atoms with Gasteiger partial charge < -0.3 is 9.80 Å². The number of rotatable bonds is 11. The van der Waals surface area contributed by atoms with Crippen LogP contribution in [-0.4, -0.2) is 53.7 Å². The normalized spacial score (nSPS) is 19.1. The Morgan fingerprint density at radius 2 is 1.85 bits per heavy atom. The maximum absolute atomic E-state index is 12.3. The Hall–Kier alpha value is -2.92. The number of nitrogens with one attached hydrogen (secondary N) is 1.